The smallest absolute Gasteiger partial charge is 0.225 e. The summed E-state index contributed by atoms with van der Waals surface area (Å²) in [5.74, 6) is -0.00975. The monoisotopic (exact) mass is 219 g/mol. The van der Waals surface area contributed by atoms with E-state index in [2.05, 4.69) is 21.2 Å². The molecule has 0 aromatic rings. The van der Waals surface area contributed by atoms with Crippen molar-refractivity contribution in [3.63, 3.8) is 0 Å². The first-order chi connectivity index (χ1) is 5.24. The zero-order valence-electron chi connectivity index (χ0n) is 5.68. The molecule has 3 atom stereocenters. The third kappa shape index (κ3) is 0.851. The lowest BCUT2D eigenvalue weighted by Crippen LogP contribution is -2.32. The Morgan fingerprint density at radius 1 is 1.73 bits per heavy atom. The highest BCUT2D eigenvalue weighted by Gasteiger charge is 2.49. The van der Waals surface area contributed by atoms with E-state index in [1.54, 1.807) is 0 Å². The maximum absolute atomic E-state index is 12.1. The van der Waals surface area contributed by atoms with Crippen molar-refractivity contribution in [1.82, 2.24) is 5.32 Å². The maximum Gasteiger partial charge on any atom is 0.225 e. The minimum Gasteiger partial charge on any atom is -0.348 e. The van der Waals surface area contributed by atoms with E-state index in [0.717, 1.165) is 0 Å². The van der Waals surface area contributed by atoms with Crippen LogP contribution in [0, 0.1) is 5.92 Å². The molecule has 0 aromatic carbocycles. The Hall–Kier alpha value is -0.380. The third-order valence-corrected chi connectivity index (χ3v) is 3.50. The van der Waals surface area contributed by atoms with E-state index in [1.807, 2.05) is 0 Å². The van der Waals surface area contributed by atoms with Gasteiger partial charge >= 0.3 is 0 Å². The normalized spacial score (nSPS) is 45.1. The quantitative estimate of drug-likeness (QED) is 0.609. The SMILES string of the molecule is O=C1N[C@@H]2/C(=C/F)C[C@H]1C2Br. The van der Waals surface area contributed by atoms with Crippen LogP contribution in [0.4, 0.5) is 4.39 Å². The van der Waals surface area contributed by atoms with Crippen molar-refractivity contribution in [2.45, 2.75) is 17.3 Å². The molecular formula is C7H7BrFNO. The Morgan fingerprint density at radius 3 is 2.82 bits per heavy atom. The van der Waals surface area contributed by atoms with Crippen LogP contribution in [0.15, 0.2) is 11.9 Å². The van der Waals surface area contributed by atoms with Crippen LogP contribution in [-0.2, 0) is 4.79 Å². The molecule has 60 valence electrons. The van der Waals surface area contributed by atoms with Crippen molar-refractivity contribution in [3.05, 3.63) is 11.9 Å². The average Bonchev–Trinajstić information content (AvgIpc) is 2.43. The first kappa shape index (κ1) is 7.28. The van der Waals surface area contributed by atoms with Gasteiger partial charge < -0.3 is 5.32 Å². The summed E-state index contributed by atoms with van der Waals surface area (Å²) in [6.45, 7) is 0. The standard InChI is InChI=1S/C7H7BrFNO/c8-5-4-1-3(2-9)6(5)10-7(4)11/h2,4-6H,1H2,(H,10,11)/b3-2+/t4-,5?,6+/m0/s1. The fraction of sp³-hybridized carbons (Fsp3) is 0.571. The van der Waals surface area contributed by atoms with Crippen molar-refractivity contribution in [1.29, 1.82) is 0 Å². The van der Waals surface area contributed by atoms with Crippen LogP contribution >= 0.6 is 15.9 Å². The fourth-order valence-electron chi connectivity index (χ4n) is 1.71. The van der Waals surface area contributed by atoms with E-state index in [9.17, 15) is 9.18 Å². The van der Waals surface area contributed by atoms with Crippen molar-refractivity contribution in [2.75, 3.05) is 0 Å². The second-order valence-corrected chi connectivity index (χ2v) is 3.98. The number of carbonyl (C=O) groups excluding carboxylic acids is 1. The molecule has 1 saturated heterocycles. The molecule has 0 aromatic heterocycles. The lowest BCUT2D eigenvalue weighted by molar-refractivity contribution is -0.122. The highest BCUT2D eigenvalue weighted by atomic mass is 79.9. The topological polar surface area (TPSA) is 29.1 Å². The van der Waals surface area contributed by atoms with Gasteiger partial charge in [-0.15, -0.1) is 0 Å². The summed E-state index contributed by atoms with van der Waals surface area (Å²) in [5, 5.41) is 2.71. The van der Waals surface area contributed by atoms with Gasteiger partial charge in [0.1, 0.15) is 0 Å². The van der Waals surface area contributed by atoms with Crippen molar-refractivity contribution in [2.24, 2.45) is 5.92 Å². The van der Waals surface area contributed by atoms with Gasteiger partial charge in [-0.05, 0) is 12.0 Å². The summed E-state index contributed by atoms with van der Waals surface area (Å²) in [4.78, 5) is 11.1. The van der Waals surface area contributed by atoms with E-state index >= 15 is 0 Å². The highest BCUT2D eigenvalue weighted by Crippen LogP contribution is 2.40. The minimum absolute atomic E-state index is 0.0440. The number of piperidine rings is 1. The molecule has 2 fully saturated rings. The fourth-order valence-corrected chi connectivity index (χ4v) is 2.61. The van der Waals surface area contributed by atoms with Crippen molar-refractivity contribution in [3.8, 4) is 0 Å². The highest BCUT2D eigenvalue weighted by molar-refractivity contribution is 9.09. The number of fused-ring (bicyclic) bond motifs is 2. The molecule has 2 rings (SSSR count). The molecule has 2 aliphatic rings. The molecule has 1 N–H and O–H groups in total. The van der Waals surface area contributed by atoms with Crippen LogP contribution in [0.3, 0.4) is 0 Å². The summed E-state index contributed by atoms with van der Waals surface area (Å²) in [6, 6.07) is -0.0995. The van der Waals surface area contributed by atoms with Crippen LogP contribution < -0.4 is 5.32 Å². The number of halogens is 2. The number of carbonyl (C=O) groups is 1. The molecular weight excluding hydrogens is 213 g/mol. The Kier molecular flexibility index (Phi) is 1.52. The number of amides is 1. The molecule has 1 aliphatic heterocycles. The number of hydrogen-bond donors (Lipinski definition) is 1. The van der Waals surface area contributed by atoms with E-state index in [0.29, 0.717) is 18.3 Å². The molecule has 1 aliphatic carbocycles. The van der Waals surface area contributed by atoms with Crippen LogP contribution in [0.1, 0.15) is 6.42 Å². The van der Waals surface area contributed by atoms with Gasteiger partial charge in [0.25, 0.3) is 0 Å². The lowest BCUT2D eigenvalue weighted by Gasteiger charge is -2.12. The van der Waals surface area contributed by atoms with E-state index in [-0.39, 0.29) is 22.7 Å². The van der Waals surface area contributed by atoms with E-state index < -0.39 is 0 Å². The Labute approximate surface area is 72.0 Å². The van der Waals surface area contributed by atoms with Crippen molar-refractivity contribution < 1.29 is 9.18 Å². The lowest BCUT2D eigenvalue weighted by atomic mass is 10.1. The van der Waals surface area contributed by atoms with Gasteiger partial charge in [-0.2, -0.15) is 0 Å². The zero-order valence-corrected chi connectivity index (χ0v) is 7.27. The first-order valence-electron chi connectivity index (χ1n) is 3.47. The first-order valence-corrected chi connectivity index (χ1v) is 4.39. The number of rotatable bonds is 0. The van der Waals surface area contributed by atoms with Crippen molar-refractivity contribution >= 4 is 21.8 Å². The van der Waals surface area contributed by atoms with Crippen LogP contribution in [0.5, 0.6) is 0 Å². The summed E-state index contributed by atoms with van der Waals surface area (Å²) < 4.78 is 12.1. The third-order valence-electron chi connectivity index (χ3n) is 2.33. The molecule has 11 heavy (non-hydrogen) atoms. The number of alkyl halides is 1. The van der Waals surface area contributed by atoms with Gasteiger partial charge in [-0.3, -0.25) is 4.79 Å². The molecule has 1 saturated carbocycles. The molecule has 1 heterocycles. The Morgan fingerprint density at radius 2 is 2.45 bits per heavy atom. The second-order valence-electron chi connectivity index (χ2n) is 2.93. The van der Waals surface area contributed by atoms with Gasteiger partial charge in [-0.25, -0.2) is 4.39 Å². The summed E-state index contributed by atoms with van der Waals surface area (Å²) >= 11 is 3.36. The largest absolute Gasteiger partial charge is 0.348 e. The summed E-state index contributed by atoms with van der Waals surface area (Å²) in [6.07, 6.45) is 1.18. The van der Waals surface area contributed by atoms with Gasteiger partial charge in [-0.1, -0.05) is 15.9 Å². The molecule has 0 radical (unpaired) electrons. The number of nitrogens with one attached hydrogen (secondary N) is 1. The average molecular weight is 220 g/mol. The van der Waals surface area contributed by atoms with Gasteiger partial charge in [0, 0.05) is 0 Å². The Balaban J connectivity index is 2.30. The van der Waals surface area contributed by atoms with Crippen LogP contribution in [-0.4, -0.2) is 16.8 Å². The Bertz CT molecular complexity index is 241. The van der Waals surface area contributed by atoms with Crippen LogP contribution in [0.25, 0.3) is 0 Å². The maximum atomic E-state index is 12.1. The van der Waals surface area contributed by atoms with Gasteiger partial charge in [0.2, 0.25) is 5.91 Å². The predicted octanol–water partition coefficient (Wildman–Crippen LogP) is 1.12. The molecule has 1 amide bonds. The molecule has 2 nitrogen and oxygen atoms in total. The molecule has 0 spiro atoms. The molecule has 4 heteroatoms. The van der Waals surface area contributed by atoms with Gasteiger partial charge in [0.05, 0.1) is 23.1 Å². The van der Waals surface area contributed by atoms with Gasteiger partial charge in [0.15, 0.2) is 0 Å². The second kappa shape index (κ2) is 2.30. The molecule has 2 bridgehead atoms. The number of hydrogen-bond acceptors (Lipinski definition) is 1. The minimum atomic E-state index is -0.0995. The van der Waals surface area contributed by atoms with E-state index in [4.69, 9.17) is 0 Å². The predicted molar refractivity (Wildman–Crippen MR) is 41.9 cm³/mol. The molecule has 1 unspecified atom stereocenters. The zero-order chi connectivity index (χ0) is 8.01. The summed E-state index contributed by atoms with van der Waals surface area (Å²) in [7, 11) is 0. The summed E-state index contributed by atoms with van der Waals surface area (Å²) in [5.41, 5.74) is 0.705. The van der Waals surface area contributed by atoms with Crippen LogP contribution in [0.2, 0.25) is 0 Å². The van der Waals surface area contributed by atoms with E-state index in [1.165, 1.54) is 0 Å².